The lowest BCUT2D eigenvalue weighted by molar-refractivity contribution is -0.137. The molecule has 0 aliphatic carbocycles. The minimum Gasteiger partial charge on any atom is -0.392 e. The van der Waals surface area contributed by atoms with Crippen molar-refractivity contribution in [1.82, 2.24) is 4.31 Å². The first-order valence-electron chi connectivity index (χ1n) is 6.50. The van der Waals surface area contributed by atoms with Crippen molar-refractivity contribution in [2.24, 2.45) is 0 Å². The average molecular weight is 323 g/mol. The van der Waals surface area contributed by atoms with E-state index in [2.05, 4.69) is 0 Å². The molecule has 1 N–H and O–H groups in total. The molecule has 2 unspecified atom stereocenters. The SMILES string of the molecule is CCS(=O)(=O)N1CC(O)CC1c1cccc(C(F)(F)F)c1. The van der Waals surface area contributed by atoms with Crippen molar-refractivity contribution in [3.8, 4) is 0 Å². The predicted molar refractivity (Wildman–Crippen MR) is 71.0 cm³/mol. The number of nitrogens with zero attached hydrogens (tertiary/aromatic N) is 1. The fourth-order valence-electron chi connectivity index (χ4n) is 2.48. The molecule has 1 aromatic rings. The highest BCUT2D eigenvalue weighted by Crippen LogP contribution is 2.37. The van der Waals surface area contributed by atoms with Crippen molar-refractivity contribution in [3.63, 3.8) is 0 Å². The van der Waals surface area contributed by atoms with Crippen LogP contribution < -0.4 is 0 Å². The topological polar surface area (TPSA) is 57.6 Å². The van der Waals surface area contributed by atoms with Gasteiger partial charge in [-0.1, -0.05) is 12.1 Å². The Morgan fingerprint density at radius 3 is 2.62 bits per heavy atom. The minimum absolute atomic E-state index is 0.0862. The summed E-state index contributed by atoms with van der Waals surface area (Å²) < 4.78 is 63.3. The lowest BCUT2D eigenvalue weighted by Crippen LogP contribution is -2.33. The van der Waals surface area contributed by atoms with Crippen LogP contribution in [-0.4, -0.2) is 36.2 Å². The molecular formula is C13H16F3NO3S. The van der Waals surface area contributed by atoms with Gasteiger partial charge in [0.1, 0.15) is 0 Å². The van der Waals surface area contributed by atoms with Gasteiger partial charge in [0.25, 0.3) is 0 Å². The maximum atomic E-state index is 12.7. The third-order valence-corrected chi connectivity index (χ3v) is 5.40. The van der Waals surface area contributed by atoms with Crippen LogP contribution in [0.4, 0.5) is 13.2 Å². The van der Waals surface area contributed by atoms with Crippen LogP contribution in [0.2, 0.25) is 0 Å². The molecule has 1 fully saturated rings. The van der Waals surface area contributed by atoms with Crippen molar-refractivity contribution in [3.05, 3.63) is 35.4 Å². The molecule has 1 heterocycles. The average Bonchev–Trinajstić information content (AvgIpc) is 2.81. The molecule has 0 amide bonds. The van der Waals surface area contributed by atoms with E-state index in [4.69, 9.17) is 0 Å². The van der Waals surface area contributed by atoms with Gasteiger partial charge < -0.3 is 5.11 Å². The molecule has 1 aliphatic heterocycles. The Bertz CT molecular complexity index is 615. The Morgan fingerprint density at radius 2 is 2.05 bits per heavy atom. The van der Waals surface area contributed by atoms with E-state index in [-0.39, 0.29) is 24.3 Å². The second-order valence-electron chi connectivity index (χ2n) is 5.00. The zero-order valence-corrected chi connectivity index (χ0v) is 12.2. The second kappa shape index (κ2) is 5.58. The molecule has 0 saturated carbocycles. The maximum Gasteiger partial charge on any atom is 0.416 e. The molecule has 21 heavy (non-hydrogen) atoms. The molecule has 0 radical (unpaired) electrons. The molecule has 0 spiro atoms. The highest BCUT2D eigenvalue weighted by atomic mass is 32.2. The van der Waals surface area contributed by atoms with Gasteiger partial charge >= 0.3 is 6.18 Å². The fourth-order valence-corrected chi connectivity index (χ4v) is 3.81. The van der Waals surface area contributed by atoms with Crippen molar-refractivity contribution in [1.29, 1.82) is 0 Å². The fraction of sp³-hybridized carbons (Fsp3) is 0.538. The largest absolute Gasteiger partial charge is 0.416 e. The van der Waals surface area contributed by atoms with E-state index in [0.717, 1.165) is 16.4 Å². The lowest BCUT2D eigenvalue weighted by atomic mass is 10.0. The van der Waals surface area contributed by atoms with Crippen LogP contribution in [0, 0.1) is 0 Å². The monoisotopic (exact) mass is 323 g/mol. The number of halogens is 3. The third-order valence-electron chi connectivity index (χ3n) is 3.55. The number of rotatable bonds is 3. The van der Waals surface area contributed by atoms with Gasteiger partial charge in [-0.05, 0) is 31.0 Å². The molecule has 0 aromatic heterocycles. The maximum absolute atomic E-state index is 12.7. The first-order valence-corrected chi connectivity index (χ1v) is 8.11. The second-order valence-corrected chi connectivity index (χ2v) is 7.21. The van der Waals surface area contributed by atoms with Crippen LogP contribution in [0.1, 0.15) is 30.5 Å². The van der Waals surface area contributed by atoms with Crippen molar-refractivity contribution >= 4 is 10.0 Å². The zero-order valence-electron chi connectivity index (χ0n) is 11.3. The van der Waals surface area contributed by atoms with Crippen LogP contribution in [0.25, 0.3) is 0 Å². The van der Waals surface area contributed by atoms with E-state index in [1.54, 1.807) is 0 Å². The predicted octanol–water partition coefficient (Wildman–Crippen LogP) is 2.16. The summed E-state index contributed by atoms with van der Waals surface area (Å²) in [7, 11) is -3.58. The van der Waals surface area contributed by atoms with Crippen molar-refractivity contribution in [2.45, 2.75) is 31.7 Å². The van der Waals surface area contributed by atoms with Crippen LogP contribution in [0.5, 0.6) is 0 Å². The van der Waals surface area contributed by atoms with Gasteiger partial charge in [0, 0.05) is 6.54 Å². The summed E-state index contributed by atoms with van der Waals surface area (Å²) in [5, 5.41) is 9.69. The van der Waals surface area contributed by atoms with Crippen molar-refractivity contribution in [2.75, 3.05) is 12.3 Å². The Labute approximate surface area is 121 Å². The molecule has 1 aromatic carbocycles. The first-order chi connectivity index (χ1) is 9.65. The van der Waals surface area contributed by atoms with Crippen LogP contribution in [0.15, 0.2) is 24.3 Å². The minimum atomic E-state index is -4.48. The summed E-state index contributed by atoms with van der Waals surface area (Å²) in [5.74, 6) is -0.158. The summed E-state index contributed by atoms with van der Waals surface area (Å²) in [5.41, 5.74) is -0.575. The number of β-amino-alcohol motifs (C(OH)–C–C–N with tert-alkyl or cyclic N) is 1. The molecule has 0 bridgehead atoms. The standard InChI is InChI=1S/C13H16F3NO3S/c1-2-21(19,20)17-8-11(18)7-12(17)9-4-3-5-10(6-9)13(14,15)16/h3-6,11-12,18H,2,7-8H2,1H3. The summed E-state index contributed by atoms with van der Waals surface area (Å²) in [6.45, 7) is 1.38. The molecular weight excluding hydrogens is 307 g/mol. The summed E-state index contributed by atoms with van der Waals surface area (Å²) in [6.07, 6.45) is -5.26. The Kier molecular flexibility index (Phi) is 4.32. The van der Waals surface area contributed by atoms with E-state index >= 15 is 0 Å². The number of hydrogen-bond acceptors (Lipinski definition) is 3. The lowest BCUT2D eigenvalue weighted by Gasteiger charge is -2.24. The number of aliphatic hydroxyl groups is 1. The number of alkyl halides is 3. The highest BCUT2D eigenvalue weighted by molar-refractivity contribution is 7.89. The first kappa shape index (κ1) is 16.3. The van der Waals surface area contributed by atoms with Crippen LogP contribution in [0.3, 0.4) is 0 Å². The number of aliphatic hydroxyl groups excluding tert-OH is 1. The summed E-state index contributed by atoms with van der Waals surface area (Å²) in [4.78, 5) is 0. The van der Waals surface area contributed by atoms with E-state index < -0.39 is 33.9 Å². The van der Waals surface area contributed by atoms with Gasteiger partial charge in [-0.15, -0.1) is 0 Å². The molecule has 118 valence electrons. The Morgan fingerprint density at radius 1 is 1.38 bits per heavy atom. The van der Waals surface area contributed by atoms with Gasteiger partial charge in [0.15, 0.2) is 0 Å². The highest BCUT2D eigenvalue weighted by Gasteiger charge is 2.39. The number of sulfonamides is 1. The normalized spacial score (nSPS) is 24.4. The Hall–Kier alpha value is -1.12. The van der Waals surface area contributed by atoms with Crippen molar-refractivity contribution < 1.29 is 26.7 Å². The summed E-state index contributed by atoms with van der Waals surface area (Å²) in [6, 6.07) is 3.83. The third kappa shape index (κ3) is 3.38. The van der Waals surface area contributed by atoms with Gasteiger partial charge in [0.05, 0.1) is 23.5 Å². The van der Waals surface area contributed by atoms with Gasteiger partial charge in [0.2, 0.25) is 10.0 Å². The quantitative estimate of drug-likeness (QED) is 0.927. The van der Waals surface area contributed by atoms with E-state index in [0.29, 0.717) is 0 Å². The van der Waals surface area contributed by atoms with Gasteiger partial charge in [-0.2, -0.15) is 17.5 Å². The number of hydrogen-bond donors (Lipinski definition) is 1. The van der Waals surface area contributed by atoms with Gasteiger partial charge in [-0.3, -0.25) is 0 Å². The molecule has 2 atom stereocenters. The Balaban J connectivity index is 2.40. The van der Waals surface area contributed by atoms with E-state index in [1.807, 2.05) is 0 Å². The van der Waals surface area contributed by atoms with Crippen LogP contribution in [-0.2, 0) is 16.2 Å². The molecule has 8 heteroatoms. The summed E-state index contributed by atoms with van der Waals surface area (Å²) >= 11 is 0. The molecule has 2 rings (SSSR count). The molecule has 1 aliphatic rings. The zero-order chi connectivity index (χ0) is 15.8. The van der Waals surface area contributed by atoms with E-state index in [1.165, 1.54) is 19.1 Å². The van der Waals surface area contributed by atoms with Crippen LogP contribution >= 0.6 is 0 Å². The van der Waals surface area contributed by atoms with Gasteiger partial charge in [-0.25, -0.2) is 8.42 Å². The number of benzene rings is 1. The van der Waals surface area contributed by atoms with E-state index in [9.17, 15) is 26.7 Å². The molecule has 1 saturated heterocycles. The smallest absolute Gasteiger partial charge is 0.392 e. The molecule has 4 nitrogen and oxygen atoms in total.